The minimum absolute atomic E-state index is 0.352. The fourth-order valence-electron chi connectivity index (χ4n) is 1.83. The topological polar surface area (TPSA) is 75.3 Å². The van der Waals surface area contributed by atoms with E-state index in [2.05, 4.69) is 13.0 Å². The van der Waals surface area contributed by atoms with Crippen LogP contribution >= 0.6 is 0 Å². The number of hydrogen-bond donors (Lipinski definition) is 3. The van der Waals surface area contributed by atoms with E-state index in [9.17, 15) is 4.79 Å². The Morgan fingerprint density at radius 1 is 1.37 bits per heavy atom. The van der Waals surface area contributed by atoms with E-state index < -0.39 is 5.91 Å². The third kappa shape index (κ3) is 5.88. The SMILES string of the molecule is CC(/C=C/C(=O)NO)=C\C(C)Cc1ccc(N)cc1. The van der Waals surface area contributed by atoms with Crippen molar-refractivity contribution in [2.45, 2.75) is 20.3 Å². The first-order chi connectivity index (χ1) is 9.01. The zero-order valence-corrected chi connectivity index (χ0v) is 11.3. The Morgan fingerprint density at radius 2 is 2.00 bits per heavy atom. The summed E-state index contributed by atoms with van der Waals surface area (Å²) < 4.78 is 0. The van der Waals surface area contributed by atoms with Crippen molar-refractivity contribution in [3.63, 3.8) is 0 Å². The van der Waals surface area contributed by atoms with Gasteiger partial charge in [-0.1, -0.05) is 36.8 Å². The highest BCUT2D eigenvalue weighted by atomic mass is 16.5. The number of rotatable bonds is 5. The lowest BCUT2D eigenvalue weighted by molar-refractivity contribution is -0.124. The van der Waals surface area contributed by atoms with Gasteiger partial charge in [0.05, 0.1) is 0 Å². The number of carbonyl (C=O) groups is 1. The maximum atomic E-state index is 10.8. The summed E-state index contributed by atoms with van der Waals surface area (Å²) in [6.45, 7) is 4.03. The molecule has 0 bridgehead atoms. The van der Waals surface area contributed by atoms with E-state index >= 15 is 0 Å². The van der Waals surface area contributed by atoms with Crippen LogP contribution in [0.15, 0.2) is 48.1 Å². The molecule has 1 aromatic carbocycles. The lowest BCUT2D eigenvalue weighted by Gasteiger charge is -2.07. The third-order valence-electron chi connectivity index (χ3n) is 2.69. The summed E-state index contributed by atoms with van der Waals surface area (Å²) in [5.41, 5.74) is 10.2. The molecule has 0 heterocycles. The van der Waals surface area contributed by atoms with Crippen molar-refractivity contribution < 1.29 is 10.0 Å². The minimum atomic E-state index is -0.529. The van der Waals surface area contributed by atoms with Crippen LogP contribution in [0.1, 0.15) is 19.4 Å². The smallest absolute Gasteiger partial charge is 0.267 e. The predicted molar refractivity (Wildman–Crippen MR) is 76.5 cm³/mol. The Morgan fingerprint density at radius 3 is 2.58 bits per heavy atom. The molecule has 102 valence electrons. The molecule has 19 heavy (non-hydrogen) atoms. The van der Waals surface area contributed by atoms with Crippen LogP contribution in [0.5, 0.6) is 0 Å². The molecule has 0 fully saturated rings. The second-order valence-corrected chi connectivity index (χ2v) is 4.64. The van der Waals surface area contributed by atoms with Crippen molar-refractivity contribution in [1.82, 2.24) is 5.48 Å². The highest BCUT2D eigenvalue weighted by Gasteiger charge is 2.01. The molecule has 0 radical (unpaired) electrons. The van der Waals surface area contributed by atoms with Crippen molar-refractivity contribution in [3.05, 3.63) is 53.6 Å². The highest BCUT2D eigenvalue weighted by molar-refractivity contribution is 5.86. The average Bonchev–Trinajstić information content (AvgIpc) is 2.38. The van der Waals surface area contributed by atoms with Gasteiger partial charge >= 0.3 is 0 Å². The van der Waals surface area contributed by atoms with Crippen LogP contribution in [0.4, 0.5) is 5.69 Å². The monoisotopic (exact) mass is 260 g/mol. The molecule has 0 aliphatic rings. The van der Waals surface area contributed by atoms with Gasteiger partial charge in [-0.05, 0) is 37.0 Å². The molecule has 1 rings (SSSR count). The zero-order valence-electron chi connectivity index (χ0n) is 11.3. The van der Waals surface area contributed by atoms with Gasteiger partial charge in [-0.25, -0.2) is 5.48 Å². The summed E-state index contributed by atoms with van der Waals surface area (Å²) in [5, 5.41) is 8.37. The van der Waals surface area contributed by atoms with Crippen LogP contribution in [-0.2, 0) is 11.2 Å². The molecule has 0 aliphatic heterocycles. The van der Waals surface area contributed by atoms with Crippen LogP contribution in [-0.4, -0.2) is 11.1 Å². The summed E-state index contributed by atoms with van der Waals surface area (Å²) in [4.78, 5) is 10.8. The van der Waals surface area contributed by atoms with E-state index in [4.69, 9.17) is 10.9 Å². The van der Waals surface area contributed by atoms with Gasteiger partial charge in [-0.2, -0.15) is 0 Å². The number of nitrogens with two attached hydrogens (primary N) is 1. The minimum Gasteiger partial charge on any atom is -0.399 e. The van der Waals surface area contributed by atoms with Gasteiger partial charge in [-0.15, -0.1) is 0 Å². The van der Waals surface area contributed by atoms with Crippen molar-refractivity contribution in [2.24, 2.45) is 5.92 Å². The summed E-state index contributed by atoms with van der Waals surface area (Å²) in [7, 11) is 0. The van der Waals surface area contributed by atoms with Gasteiger partial charge < -0.3 is 5.73 Å². The van der Waals surface area contributed by atoms with Crippen LogP contribution in [0.3, 0.4) is 0 Å². The number of hydroxylamine groups is 1. The van der Waals surface area contributed by atoms with Gasteiger partial charge in [0, 0.05) is 11.8 Å². The quantitative estimate of drug-likeness (QED) is 0.250. The maximum absolute atomic E-state index is 10.8. The van der Waals surface area contributed by atoms with Gasteiger partial charge in [0.2, 0.25) is 0 Å². The second kappa shape index (κ2) is 7.38. The number of carbonyl (C=O) groups excluding carboxylic acids is 1. The molecule has 0 aliphatic carbocycles. The van der Waals surface area contributed by atoms with Crippen LogP contribution in [0.2, 0.25) is 0 Å². The standard InChI is InChI=1S/C15H20N2O2/c1-11(3-8-15(18)17-19)9-12(2)10-13-4-6-14(16)7-5-13/h3-9,12,19H,10,16H2,1-2H3,(H,17,18)/b8-3+,11-9+. The molecule has 0 saturated heterocycles. The first kappa shape index (κ1) is 15.0. The van der Waals surface area contributed by atoms with Crippen molar-refractivity contribution >= 4 is 11.6 Å². The number of hydrogen-bond acceptors (Lipinski definition) is 3. The van der Waals surface area contributed by atoms with E-state index in [1.807, 2.05) is 31.2 Å². The van der Waals surface area contributed by atoms with Gasteiger partial charge in [0.15, 0.2) is 0 Å². The Hall–Kier alpha value is -2.07. The number of amides is 1. The van der Waals surface area contributed by atoms with Gasteiger partial charge in [-0.3, -0.25) is 10.0 Å². The molecule has 1 atom stereocenters. The molecule has 4 nitrogen and oxygen atoms in total. The Labute approximate surface area is 113 Å². The molecule has 0 spiro atoms. The van der Waals surface area contributed by atoms with E-state index in [1.165, 1.54) is 11.6 Å². The van der Waals surface area contributed by atoms with Crippen molar-refractivity contribution in [3.8, 4) is 0 Å². The molecule has 0 aromatic heterocycles. The molecular weight excluding hydrogens is 240 g/mol. The van der Waals surface area contributed by atoms with E-state index in [0.29, 0.717) is 5.92 Å². The number of anilines is 1. The molecule has 4 heteroatoms. The summed E-state index contributed by atoms with van der Waals surface area (Å²) in [5.74, 6) is -0.176. The lowest BCUT2D eigenvalue weighted by Crippen LogP contribution is -2.14. The third-order valence-corrected chi connectivity index (χ3v) is 2.69. The van der Waals surface area contributed by atoms with E-state index in [-0.39, 0.29) is 0 Å². The lowest BCUT2D eigenvalue weighted by atomic mass is 9.98. The number of benzene rings is 1. The maximum Gasteiger partial charge on any atom is 0.267 e. The number of allylic oxidation sites excluding steroid dienone is 3. The predicted octanol–water partition coefficient (Wildman–Crippen LogP) is 2.46. The van der Waals surface area contributed by atoms with Crippen LogP contribution in [0.25, 0.3) is 0 Å². The van der Waals surface area contributed by atoms with Crippen molar-refractivity contribution in [2.75, 3.05) is 5.73 Å². The first-order valence-electron chi connectivity index (χ1n) is 6.16. The molecule has 1 unspecified atom stereocenters. The van der Waals surface area contributed by atoms with Crippen molar-refractivity contribution in [1.29, 1.82) is 0 Å². The average molecular weight is 260 g/mol. The molecule has 1 aromatic rings. The summed E-state index contributed by atoms with van der Waals surface area (Å²) >= 11 is 0. The number of nitrogen functional groups attached to an aromatic ring is 1. The van der Waals surface area contributed by atoms with Crippen LogP contribution in [0, 0.1) is 5.92 Å². The molecule has 1 amide bonds. The Balaban J connectivity index is 2.58. The Bertz CT molecular complexity index is 475. The van der Waals surface area contributed by atoms with Gasteiger partial charge in [0.25, 0.3) is 5.91 Å². The molecular formula is C15H20N2O2. The van der Waals surface area contributed by atoms with Gasteiger partial charge in [0.1, 0.15) is 0 Å². The fourth-order valence-corrected chi connectivity index (χ4v) is 1.83. The van der Waals surface area contributed by atoms with E-state index in [1.54, 1.807) is 11.6 Å². The molecule has 4 N–H and O–H groups in total. The normalized spacial score (nSPS) is 13.5. The second-order valence-electron chi connectivity index (χ2n) is 4.64. The largest absolute Gasteiger partial charge is 0.399 e. The first-order valence-corrected chi connectivity index (χ1v) is 6.16. The highest BCUT2D eigenvalue weighted by Crippen LogP contribution is 2.13. The van der Waals surface area contributed by atoms with E-state index in [0.717, 1.165) is 17.7 Å². The Kier molecular flexibility index (Phi) is 5.82. The zero-order chi connectivity index (χ0) is 14.3. The summed E-state index contributed by atoms with van der Waals surface area (Å²) in [6.07, 6.45) is 5.96. The van der Waals surface area contributed by atoms with Crippen LogP contribution < -0.4 is 11.2 Å². The summed E-state index contributed by atoms with van der Waals surface area (Å²) in [6, 6.07) is 7.82. The molecule has 0 saturated carbocycles. The number of nitrogens with one attached hydrogen (secondary N) is 1. The fraction of sp³-hybridized carbons (Fsp3) is 0.267.